The highest BCUT2D eigenvalue weighted by molar-refractivity contribution is 6.61. The molecule has 17 heavy (non-hydrogen) atoms. The van der Waals surface area contributed by atoms with Crippen molar-refractivity contribution in [2.24, 2.45) is 15.9 Å². The predicted octanol–water partition coefficient (Wildman–Crippen LogP) is 1.96. The van der Waals surface area contributed by atoms with Crippen molar-refractivity contribution >= 4 is 23.4 Å². The summed E-state index contributed by atoms with van der Waals surface area (Å²) in [6, 6.07) is 2.93. The second-order valence-electron chi connectivity index (χ2n) is 3.15. The fraction of sp³-hybridized carbons (Fsp3) is 0.182. The molecule has 0 aromatic heterocycles. The standard InChI is InChI=1S/C11H11F2N3O/c1-2-11(17)10(16-14)6-15-9-4-3-7(12)5-8(9)13/h3-6H,2,14H2,1H3. The second-order valence-corrected chi connectivity index (χ2v) is 3.15. The van der Waals surface area contributed by atoms with E-state index in [4.69, 9.17) is 5.84 Å². The van der Waals surface area contributed by atoms with Crippen molar-refractivity contribution in [3.63, 3.8) is 0 Å². The van der Waals surface area contributed by atoms with Gasteiger partial charge in [-0.3, -0.25) is 9.79 Å². The summed E-state index contributed by atoms with van der Waals surface area (Å²) < 4.78 is 25.8. The van der Waals surface area contributed by atoms with E-state index in [9.17, 15) is 13.6 Å². The number of ketones is 1. The molecule has 0 unspecified atom stereocenters. The summed E-state index contributed by atoms with van der Waals surface area (Å²) >= 11 is 0. The van der Waals surface area contributed by atoms with Crippen LogP contribution in [-0.4, -0.2) is 17.7 Å². The minimum absolute atomic E-state index is 0.0591. The van der Waals surface area contributed by atoms with E-state index in [1.165, 1.54) is 0 Å². The average molecular weight is 239 g/mol. The van der Waals surface area contributed by atoms with Crippen LogP contribution in [0.5, 0.6) is 0 Å². The van der Waals surface area contributed by atoms with Gasteiger partial charge in [-0.15, -0.1) is 0 Å². The molecule has 0 bridgehead atoms. The quantitative estimate of drug-likeness (QED) is 0.495. The van der Waals surface area contributed by atoms with Gasteiger partial charge in [-0.2, -0.15) is 5.10 Å². The van der Waals surface area contributed by atoms with E-state index in [-0.39, 0.29) is 23.6 Å². The molecule has 0 spiro atoms. The van der Waals surface area contributed by atoms with Crippen molar-refractivity contribution in [2.75, 3.05) is 0 Å². The van der Waals surface area contributed by atoms with Gasteiger partial charge < -0.3 is 5.84 Å². The number of hydrogen-bond donors (Lipinski definition) is 1. The molecule has 90 valence electrons. The van der Waals surface area contributed by atoms with Crippen LogP contribution in [0.15, 0.2) is 28.3 Å². The Balaban J connectivity index is 2.93. The van der Waals surface area contributed by atoms with Gasteiger partial charge in [0.25, 0.3) is 0 Å². The average Bonchev–Trinajstić information content (AvgIpc) is 2.31. The zero-order valence-corrected chi connectivity index (χ0v) is 9.15. The van der Waals surface area contributed by atoms with Gasteiger partial charge in [-0.1, -0.05) is 6.92 Å². The molecule has 0 saturated carbocycles. The first-order chi connectivity index (χ1) is 8.08. The molecule has 0 saturated heterocycles. The van der Waals surface area contributed by atoms with Crippen LogP contribution in [0.3, 0.4) is 0 Å². The normalized spacial score (nSPS) is 12.1. The first kappa shape index (κ1) is 13.0. The number of halogens is 2. The first-order valence-electron chi connectivity index (χ1n) is 4.88. The number of benzene rings is 1. The zero-order valence-electron chi connectivity index (χ0n) is 9.15. The molecule has 0 fully saturated rings. The van der Waals surface area contributed by atoms with Crippen LogP contribution in [0.1, 0.15) is 13.3 Å². The lowest BCUT2D eigenvalue weighted by Crippen LogP contribution is -2.16. The van der Waals surface area contributed by atoms with Gasteiger partial charge in [0.1, 0.15) is 11.5 Å². The Morgan fingerprint density at radius 3 is 2.71 bits per heavy atom. The third-order valence-electron chi connectivity index (χ3n) is 1.98. The fourth-order valence-corrected chi connectivity index (χ4v) is 1.08. The molecule has 0 radical (unpaired) electrons. The maximum absolute atomic E-state index is 13.2. The number of Topliss-reactive ketones (excluding diaryl/α,β-unsaturated/α-hetero) is 1. The van der Waals surface area contributed by atoms with Crippen molar-refractivity contribution in [2.45, 2.75) is 13.3 Å². The van der Waals surface area contributed by atoms with Crippen LogP contribution in [0.2, 0.25) is 0 Å². The molecular formula is C11H11F2N3O. The van der Waals surface area contributed by atoms with Crippen molar-refractivity contribution in [3.8, 4) is 0 Å². The molecule has 0 heterocycles. The van der Waals surface area contributed by atoms with Gasteiger partial charge >= 0.3 is 0 Å². The Morgan fingerprint density at radius 2 is 2.18 bits per heavy atom. The summed E-state index contributed by atoms with van der Waals surface area (Å²) in [5.41, 5.74) is -0.146. The van der Waals surface area contributed by atoms with Crippen molar-refractivity contribution in [3.05, 3.63) is 29.8 Å². The highest BCUT2D eigenvalue weighted by Crippen LogP contribution is 2.17. The first-order valence-corrected chi connectivity index (χ1v) is 4.88. The van der Waals surface area contributed by atoms with Gasteiger partial charge in [0.2, 0.25) is 0 Å². The SMILES string of the molecule is CCC(=O)C(C=Nc1ccc(F)cc1F)=NN. The van der Waals surface area contributed by atoms with Crippen LogP contribution in [-0.2, 0) is 4.79 Å². The van der Waals surface area contributed by atoms with E-state index >= 15 is 0 Å². The van der Waals surface area contributed by atoms with Gasteiger partial charge in [-0.25, -0.2) is 8.78 Å². The maximum atomic E-state index is 13.2. The predicted molar refractivity (Wildman–Crippen MR) is 61.4 cm³/mol. The lowest BCUT2D eigenvalue weighted by atomic mass is 10.2. The number of carbonyl (C=O) groups excluding carboxylic acids is 1. The minimum atomic E-state index is -0.818. The van der Waals surface area contributed by atoms with Gasteiger partial charge in [0, 0.05) is 12.5 Å². The summed E-state index contributed by atoms with van der Waals surface area (Å²) in [5.74, 6) is 3.18. The third-order valence-corrected chi connectivity index (χ3v) is 1.98. The van der Waals surface area contributed by atoms with Crippen molar-refractivity contribution in [1.29, 1.82) is 0 Å². The van der Waals surface area contributed by atoms with Gasteiger partial charge in [-0.05, 0) is 12.1 Å². The Labute approximate surface area is 96.8 Å². The molecule has 0 aliphatic rings. The van der Waals surface area contributed by atoms with E-state index < -0.39 is 11.6 Å². The number of nitrogens with zero attached hydrogens (tertiary/aromatic N) is 2. The Kier molecular flexibility index (Phi) is 4.45. The number of carbonyl (C=O) groups is 1. The number of hydrogen-bond acceptors (Lipinski definition) is 4. The number of nitrogens with two attached hydrogens (primary N) is 1. The highest BCUT2D eigenvalue weighted by atomic mass is 19.1. The molecule has 0 aliphatic heterocycles. The molecule has 1 aromatic carbocycles. The number of aliphatic imine (C=N–C) groups is 1. The Morgan fingerprint density at radius 1 is 1.47 bits per heavy atom. The monoisotopic (exact) mass is 239 g/mol. The van der Waals surface area contributed by atoms with Crippen LogP contribution >= 0.6 is 0 Å². The van der Waals surface area contributed by atoms with Crippen LogP contribution in [0, 0.1) is 11.6 Å². The smallest absolute Gasteiger partial charge is 0.184 e. The van der Waals surface area contributed by atoms with E-state index in [2.05, 4.69) is 10.1 Å². The Hall–Kier alpha value is -2.11. The molecule has 0 aliphatic carbocycles. The van der Waals surface area contributed by atoms with Crippen LogP contribution in [0.25, 0.3) is 0 Å². The Bertz CT molecular complexity index is 484. The van der Waals surface area contributed by atoms with E-state index in [1.54, 1.807) is 6.92 Å². The molecule has 6 heteroatoms. The second kappa shape index (κ2) is 5.83. The molecular weight excluding hydrogens is 228 g/mol. The highest BCUT2D eigenvalue weighted by Gasteiger charge is 2.07. The van der Waals surface area contributed by atoms with E-state index in [0.717, 1.165) is 18.3 Å². The lowest BCUT2D eigenvalue weighted by molar-refractivity contribution is -0.112. The molecule has 1 aromatic rings. The summed E-state index contributed by atoms with van der Waals surface area (Å²) in [6.07, 6.45) is 1.27. The summed E-state index contributed by atoms with van der Waals surface area (Å²) in [6.45, 7) is 1.64. The van der Waals surface area contributed by atoms with Crippen molar-refractivity contribution in [1.82, 2.24) is 0 Å². The lowest BCUT2D eigenvalue weighted by Gasteiger charge is -1.97. The minimum Gasteiger partial charge on any atom is -0.323 e. The van der Waals surface area contributed by atoms with Crippen LogP contribution in [0.4, 0.5) is 14.5 Å². The fourth-order valence-electron chi connectivity index (χ4n) is 1.08. The van der Waals surface area contributed by atoms with Gasteiger partial charge in [0.05, 0.1) is 11.9 Å². The molecule has 4 nitrogen and oxygen atoms in total. The summed E-state index contributed by atoms with van der Waals surface area (Å²) in [4.78, 5) is 14.9. The molecule has 2 N–H and O–H groups in total. The largest absolute Gasteiger partial charge is 0.323 e. The van der Waals surface area contributed by atoms with E-state index in [1.807, 2.05) is 0 Å². The van der Waals surface area contributed by atoms with Gasteiger partial charge in [0.15, 0.2) is 11.6 Å². The van der Waals surface area contributed by atoms with Crippen LogP contribution < -0.4 is 5.84 Å². The summed E-state index contributed by atoms with van der Waals surface area (Å²) in [5, 5.41) is 3.24. The number of hydrazone groups is 1. The molecule has 1 rings (SSSR count). The van der Waals surface area contributed by atoms with Crippen molar-refractivity contribution < 1.29 is 13.6 Å². The molecule has 0 atom stereocenters. The van der Waals surface area contributed by atoms with E-state index in [0.29, 0.717) is 6.07 Å². The third kappa shape index (κ3) is 3.44. The number of rotatable bonds is 4. The topological polar surface area (TPSA) is 67.8 Å². The molecule has 0 amide bonds. The zero-order chi connectivity index (χ0) is 12.8. The maximum Gasteiger partial charge on any atom is 0.184 e. The summed E-state index contributed by atoms with van der Waals surface area (Å²) in [7, 11) is 0.